The van der Waals surface area contributed by atoms with Crippen LogP contribution in [0.1, 0.15) is 33.6 Å². The molecule has 0 bridgehead atoms. The Labute approximate surface area is 119 Å². The third-order valence-electron chi connectivity index (χ3n) is 3.78. The zero-order chi connectivity index (χ0) is 15.2. The van der Waals surface area contributed by atoms with Crippen LogP contribution in [0.4, 0.5) is 13.2 Å². The maximum absolute atomic E-state index is 12.0. The fourth-order valence-electron chi connectivity index (χ4n) is 2.59. The summed E-state index contributed by atoms with van der Waals surface area (Å²) in [6.07, 6.45) is -2.08. The number of hydrogen-bond donors (Lipinski definition) is 1. The zero-order valence-electron chi connectivity index (χ0n) is 12.7. The van der Waals surface area contributed by atoms with Gasteiger partial charge in [0.25, 0.3) is 0 Å². The molecule has 0 saturated carbocycles. The fourth-order valence-corrected chi connectivity index (χ4v) is 2.59. The van der Waals surface area contributed by atoms with Crippen molar-refractivity contribution in [2.24, 2.45) is 5.92 Å². The predicted octanol–water partition coefficient (Wildman–Crippen LogP) is 2.66. The van der Waals surface area contributed by atoms with Crippen molar-refractivity contribution in [3.63, 3.8) is 0 Å². The van der Waals surface area contributed by atoms with Gasteiger partial charge in [-0.05, 0) is 12.3 Å². The first-order chi connectivity index (χ1) is 9.33. The first kappa shape index (κ1) is 17.7. The number of piperazine rings is 1. The number of ether oxygens (including phenoxy) is 1. The molecule has 120 valence electrons. The van der Waals surface area contributed by atoms with Gasteiger partial charge in [-0.25, -0.2) is 0 Å². The molecule has 1 saturated heterocycles. The Morgan fingerprint density at radius 1 is 1.35 bits per heavy atom. The monoisotopic (exact) mass is 296 g/mol. The maximum Gasteiger partial charge on any atom is 0.411 e. The van der Waals surface area contributed by atoms with Crippen LogP contribution in [-0.4, -0.2) is 56.0 Å². The van der Waals surface area contributed by atoms with Gasteiger partial charge in [0.05, 0.1) is 6.61 Å². The summed E-state index contributed by atoms with van der Waals surface area (Å²) in [6.45, 7) is 7.83. The van der Waals surface area contributed by atoms with Crippen LogP contribution in [0.2, 0.25) is 0 Å². The van der Waals surface area contributed by atoms with Gasteiger partial charge in [0, 0.05) is 31.7 Å². The second-order valence-electron chi connectivity index (χ2n) is 5.86. The summed E-state index contributed by atoms with van der Waals surface area (Å²) in [5.74, 6) is 0.524. The standard InChI is InChI=1S/C14H27F3N2O/c1-4-5-12-8-18-13(11(2)3)9-19(12)6-7-20-10-14(15,16)17/h11-13,18H,4-10H2,1-3H3. The summed E-state index contributed by atoms with van der Waals surface area (Å²) in [4.78, 5) is 2.28. The highest BCUT2D eigenvalue weighted by molar-refractivity contribution is 4.87. The SMILES string of the molecule is CCCC1CNC(C(C)C)CN1CCOCC(F)(F)F. The lowest BCUT2D eigenvalue weighted by Gasteiger charge is -2.42. The van der Waals surface area contributed by atoms with E-state index in [9.17, 15) is 13.2 Å². The lowest BCUT2D eigenvalue weighted by Crippen LogP contribution is -2.58. The summed E-state index contributed by atoms with van der Waals surface area (Å²) < 4.78 is 40.8. The van der Waals surface area contributed by atoms with Crippen LogP contribution >= 0.6 is 0 Å². The molecule has 0 spiro atoms. The number of halogens is 3. The second-order valence-corrected chi connectivity index (χ2v) is 5.86. The molecule has 1 aliphatic heterocycles. The topological polar surface area (TPSA) is 24.5 Å². The Balaban J connectivity index is 2.39. The molecular formula is C14H27F3N2O. The van der Waals surface area contributed by atoms with Crippen molar-refractivity contribution in [2.75, 3.05) is 32.8 Å². The minimum Gasteiger partial charge on any atom is -0.371 e. The van der Waals surface area contributed by atoms with E-state index in [1.165, 1.54) is 0 Å². The van der Waals surface area contributed by atoms with E-state index in [0.29, 0.717) is 24.5 Å². The molecule has 1 heterocycles. The first-order valence-electron chi connectivity index (χ1n) is 7.45. The third-order valence-corrected chi connectivity index (χ3v) is 3.78. The van der Waals surface area contributed by atoms with Crippen molar-refractivity contribution >= 4 is 0 Å². The summed E-state index contributed by atoms with van der Waals surface area (Å²) in [5.41, 5.74) is 0. The Morgan fingerprint density at radius 3 is 2.60 bits per heavy atom. The third kappa shape index (κ3) is 6.41. The van der Waals surface area contributed by atoms with Gasteiger partial charge < -0.3 is 10.1 Å². The van der Waals surface area contributed by atoms with Crippen LogP contribution < -0.4 is 5.32 Å². The summed E-state index contributed by atoms with van der Waals surface area (Å²) in [6, 6.07) is 0.815. The Morgan fingerprint density at radius 2 is 2.05 bits per heavy atom. The van der Waals surface area contributed by atoms with E-state index in [0.717, 1.165) is 25.9 Å². The quantitative estimate of drug-likeness (QED) is 0.731. The summed E-state index contributed by atoms with van der Waals surface area (Å²) >= 11 is 0. The Kier molecular flexibility index (Phi) is 7.26. The van der Waals surface area contributed by atoms with Crippen LogP contribution in [0.3, 0.4) is 0 Å². The van der Waals surface area contributed by atoms with Gasteiger partial charge in [0.15, 0.2) is 0 Å². The number of hydrogen-bond acceptors (Lipinski definition) is 3. The number of rotatable bonds is 7. The average molecular weight is 296 g/mol. The van der Waals surface area contributed by atoms with Crippen molar-refractivity contribution < 1.29 is 17.9 Å². The normalized spacial score (nSPS) is 25.4. The van der Waals surface area contributed by atoms with Crippen molar-refractivity contribution in [1.82, 2.24) is 10.2 Å². The lowest BCUT2D eigenvalue weighted by atomic mass is 9.98. The van der Waals surface area contributed by atoms with Gasteiger partial charge in [0.1, 0.15) is 6.61 Å². The van der Waals surface area contributed by atoms with Gasteiger partial charge in [0.2, 0.25) is 0 Å². The molecule has 2 atom stereocenters. The van der Waals surface area contributed by atoms with Gasteiger partial charge >= 0.3 is 6.18 Å². The van der Waals surface area contributed by atoms with Gasteiger partial charge in [-0.1, -0.05) is 27.2 Å². The predicted molar refractivity (Wildman–Crippen MR) is 73.8 cm³/mol. The van der Waals surface area contributed by atoms with E-state index in [1.54, 1.807) is 0 Å². The molecule has 1 rings (SSSR count). The van der Waals surface area contributed by atoms with Crippen molar-refractivity contribution in [3.05, 3.63) is 0 Å². The number of nitrogens with zero attached hydrogens (tertiary/aromatic N) is 1. The Bertz CT molecular complexity index is 272. The molecule has 3 nitrogen and oxygen atoms in total. The van der Waals surface area contributed by atoms with Crippen molar-refractivity contribution in [2.45, 2.75) is 51.9 Å². The fraction of sp³-hybridized carbons (Fsp3) is 1.00. The smallest absolute Gasteiger partial charge is 0.371 e. The molecule has 0 aromatic heterocycles. The number of nitrogens with one attached hydrogen (secondary N) is 1. The highest BCUT2D eigenvalue weighted by Crippen LogP contribution is 2.17. The van der Waals surface area contributed by atoms with Crippen LogP contribution in [0.25, 0.3) is 0 Å². The number of alkyl halides is 3. The van der Waals surface area contributed by atoms with Crippen LogP contribution in [-0.2, 0) is 4.74 Å². The molecule has 0 aromatic carbocycles. The van der Waals surface area contributed by atoms with Crippen molar-refractivity contribution in [1.29, 1.82) is 0 Å². The molecule has 1 fully saturated rings. The molecule has 0 aliphatic carbocycles. The summed E-state index contributed by atoms with van der Waals surface area (Å²) in [7, 11) is 0. The van der Waals surface area contributed by atoms with Gasteiger partial charge in [-0.15, -0.1) is 0 Å². The van der Waals surface area contributed by atoms with Gasteiger partial charge in [-0.3, -0.25) is 4.90 Å². The van der Waals surface area contributed by atoms with E-state index in [1.807, 2.05) is 0 Å². The second kappa shape index (κ2) is 8.20. The van der Waals surface area contributed by atoms with E-state index in [-0.39, 0.29) is 6.61 Å². The van der Waals surface area contributed by atoms with E-state index in [4.69, 9.17) is 4.74 Å². The maximum atomic E-state index is 12.0. The molecule has 0 amide bonds. The van der Waals surface area contributed by atoms with Crippen LogP contribution in [0.5, 0.6) is 0 Å². The molecule has 0 radical (unpaired) electrons. The highest BCUT2D eigenvalue weighted by atomic mass is 19.4. The zero-order valence-corrected chi connectivity index (χ0v) is 12.7. The van der Waals surface area contributed by atoms with Gasteiger partial charge in [-0.2, -0.15) is 13.2 Å². The van der Waals surface area contributed by atoms with Crippen LogP contribution in [0, 0.1) is 5.92 Å². The molecular weight excluding hydrogens is 269 g/mol. The highest BCUT2D eigenvalue weighted by Gasteiger charge is 2.30. The molecule has 1 N–H and O–H groups in total. The summed E-state index contributed by atoms with van der Waals surface area (Å²) in [5, 5.41) is 3.54. The molecule has 2 unspecified atom stereocenters. The molecule has 20 heavy (non-hydrogen) atoms. The molecule has 1 aliphatic rings. The van der Waals surface area contributed by atoms with Crippen LogP contribution in [0.15, 0.2) is 0 Å². The Hall–Kier alpha value is -0.330. The van der Waals surface area contributed by atoms with E-state index in [2.05, 4.69) is 31.0 Å². The molecule has 0 aromatic rings. The minimum atomic E-state index is -4.23. The first-order valence-corrected chi connectivity index (χ1v) is 7.45. The van der Waals surface area contributed by atoms with E-state index >= 15 is 0 Å². The average Bonchev–Trinajstić information content (AvgIpc) is 2.35. The molecule has 6 heteroatoms. The van der Waals surface area contributed by atoms with Crippen molar-refractivity contribution in [3.8, 4) is 0 Å². The largest absolute Gasteiger partial charge is 0.411 e. The lowest BCUT2D eigenvalue weighted by molar-refractivity contribution is -0.175. The minimum absolute atomic E-state index is 0.143. The van der Waals surface area contributed by atoms with E-state index < -0.39 is 12.8 Å².